The van der Waals surface area contributed by atoms with E-state index < -0.39 is 10.0 Å². The summed E-state index contributed by atoms with van der Waals surface area (Å²) in [5.41, 5.74) is 1.18. The third kappa shape index (κ3) is 4.96. The lowest BCUT2D eigenvalue weighted by Crippen LogP contribution is -2.14. The Kier molecular flexibility index (Phi) is 6.49. The van der Waals surface area contributed by atoms with Gasteiger partial charge < -0.3 is 5.32 Å². The fourth-order valence-electron chi connectivity index (χ4n) is 2.34. The van der Waals surface area contributed by atoms with Crippen molar-refractivity contribution in [1.82, 2.24) is 0 Å². The Morgan fingerprint density at radius 2 is 1.61 bits per heavy atom. The predicted octanol–water partition coefficient (Wildman–Crippen LogP) is 5.65. The first-order chi connectivity index (χ1) is 13.3. The highest BCUT2D eigenvalue weighted by molar-refractivity contribution is 14.1. The number of sulfonamides is 1. The van der Waals surface area contributed by atoms with Gasteiger partial charge >= 0.3 is 0 Å². The van der Waals surface area contributed by atoms with Crippen LogP contribution >= 0.6 is 45.8 Å². The smallest absolute Gasteiger partial charge is 0.261 e. The molecule has 3 aromatic rings. The van der Waals surface area contributed by atoms with E-state index in [-0.39, 0.29) is 26.5 Å². The van der Waals surface area contributed by atoms with Crippen molar-refractivity contribution >= 4 is 73.1 Å². The zero-order chi connectivity index (χ0) is 20.3. The van der Waals surface area contributed by atoms with Gasteiger partial charge in [-0.05, 0) is 77.2 Å². The molecule has 3 aromatic carbocycles. The Hall–Kier alpha value is -1.81. The van der Waals surface area contributed by atoms with Gasteiger partial charge in [-0.2, -0.15) is 0 Å². The topological polar surface area (TPSA) is 75.3 Å². The molecule has 0 saturated carbocycles. The quantitative estimate of drug-likeness (QED) is 0.406. The van der Waals surface area contributed by atoms with Crippen molar-refractivity contribution in [2.45, 2.75) is 4.90 Å². The summed E-state index contributed by atoms with van der Waals surface area (Å²) >= 11 is 14.1. The van der Waals surface area contributed by atoms with Crippen molar-refractivity contribution in [2.24, 2.45) is 0 Å². The van der Waals surface area contributed by atoms with E-state index >= 15 is 0 Å². The molecular weight excluding hydrogens is 534 g/mol. The van der Waals surface area contributed by atoms with Crippen molar-refractivity contribution < 1.29 is 13.2 Å². The summed E-state index contributed by atoms with van der Waals surface area (Å²) in [6, 6.07) is 17.6. The first kappa shape index (κ1) is 20.9. The second kappa shape index (κ2) is 8.69. The summed E-state index contributed by atoms with van der Waals surface area (Å²) < 4.78 is 28.5. The number of rotatable bonds is 5. The van der Waals surface area contributed by atoms with E-state index in [1.165, 1.54) is 30.3 Å². The fourth-order valence-corrected chi connectivity index (χ4v) is 4.36. The Balaban J connectivity index is 1.76. The van der Waals surface area contributed by atoms with Gasteiger partial charge in [0.05, 0.1) is 20.6 Å². The molecule has 0 atom stereocenters. The number of hydrogen-bond acceptors (Lipinski definition) is 3. The lowest BCUT2D eigenvalue weighted by atomic mass is 10.2. The molecule has 0 spiro atoms. The maximum Gasteiger partial charge on any atom is 0.261 e. The highest BCUT2D eigenvalue weighted by atomic mass is 127. The highest BCUT2D eigenvalue weighted by Crippen LogP contribution is 2.31. The van der Waals surface area contributed by atoms with Gasteiger partial charge in [-0.1, -0.05) is 35.3 Å². The molecule has 0 bridgehead atoms. The standard InChI is InChI=1S/C19H13Cl2IN2O3S/c20-16-5-2-6-17(18(16)21)24-28(26,27)15-9-7-14(8-10-15)23-19(25)12-3-1-4-13(22)11-12/h1-11,24H,(H,23,25). The van der Waals surface area contributed by atoms with Crippen LogP contribution in [0.5, 0.6) is 0 Å². The van der Waals surface area contributed by atoms with Crippen LogP contribution in [-0.4, -0.2) is 14.3 Å². The van der Waals surface area contributed by atoms with Gasteiger partial charge in [0.25, 0.3) is 15.9 Å². The van der Waals surface area contributed by atoms with Crippen LogP contribution < -0.4 is 10.0 Å². The van der Waals surface area contributed by atoms with Gasteiger partial charge in [0.2, 0.25) is 0 Å². The number of anilines is 2. The Bertz CT molecular complexity index is 1140. The van der Waals surface area contributed by atoms with Gasteiger partial charge in [-0.3, -0.25) is 9.52 Å². The number of halogens is 3. The summed E-state index contributed by atoms with van der Waals surface area (Å²) in [5, 5.41) is 3.10. The summed E-state index contributed by atoms with van der Waals surface area (Å²) in [6.45, 7) is 0. The third-order valence-electron chi connectivity index (χ3n) is 3.71. The van der Waals surface area contributed by atoms with Crippen LogP contribution in [0.4, 0.5) is 11.4 Å². The fraction of sp³-hybridized carbons (Fsp3) is 0. The molecule has 0 aromatic heterocycles. The van der Waals surface area contributed by atoms with E-state index in [9.17, 15) is 13.2 Å². The van der Waals surface area contributed by atoms with Gasteiger partial charge in [-0.25, -0.2) is 8.42 Å². The van der Waals surface area contributed by atoms with E-state index in [0.29, 0.717) is 11.3 Å². The van der Waals surface area contributed by atoms with Crippen LogP contribution in [0, 0.1) is 3.57 Å². The highest BCUT2D eigenvalue weighted by Gasteiger charge is 2.17. The molecule has 0 saturated heterocycles. The van der Waals surface area contributed by atoms with Crippen LogP contribution in [0.15, 0.2) is 71.6 Å². The molecule has 3 rings (SSSR count). The zero-order valence-corrected chi connectivity index (χ0v) is 18.6. The predicted molar refractivity (Wildman–Crippen MR) is 121 cm³/mol. The molecule has 0 radical (unpaired) electrons. The summed E-state index contributed by atoms with van der Waals surface area (Å²) in [4.78, 5) is 12.3. The zero-order valence-electron chi connectivity index (χ0n) is 14.1. The molecule has 0 fully saturated rings. The second-order valence-electron chi connectivity index (χ2n) is 5.70. The van der Waals surface area contributed by atoms with Gasteiger partial charge in [-0.15, -0.1) is 0 Å². The largest absolute Gasteiger partial charge is 0.322 e. The minimum absolute atomic E-state index is 0.0239. The molecule has 9 heteroatoms. The van der Waals surface area contributed by atoms with Crippen molar-refractivity contribution in [1.29, 1.82) is 0 Å². The normalized spacial score (nSPS) is 11.1. The first-order valence-electron chi connectivity index (χ1n) is 7.90. The Morgan fingerprint density at radius 1 is 0.929 bits per heavy atom. The van der Waals surface area contributed by atoms with Crippen molar-refractivity contribution in [3.8, 4) is 0 Å². The number of benzene rings is 3. The van der Waals surface area contributed by atoms with Gasteiger partial charge in [0, 0.05) is 14.8 Å². The summed E-state index contributed by atoms with van der Waals surface area (Å²) in [6.07, 6.45) is 0. The average molecular weight is 547 g/mol. The second-order valence-corrected chi connectivity index (χ2v) is 9.41. The lowest BCUT2D eigenvalue weighted by Gasteiger charge is -2.11. The van der Waals surface area contributed by atoms with Crippen molar-refractivity contribution in [3.05, 3.63) is 85.9 Å². The molecule has 1 amide bonds. The van der Waals surface area contributed by atoms with Gasteiger partial charge in [0.15, 0.2) is 0 Å². The third-order valence-corrected chi connectivity index (χ3v) is 6.58. The minimum Gasteiger partial charge on any atom is -0.322 e. The monoisotopic (exact) mass is 546 g/mol. The van der Waals surface area contributed by atoms with Crippen LogP contribution in [-0.2, 0) is 10.0 Å². The van der Waals surface area contributed by atoms with Crippen LogP contribution in [0.1, 0.15) is 10.4 Å². The molecule has 0 aliphatic heterocycles. The molecule has 5 nitrogen and oxygen atoms in total. The van der Waals surface area contributed by atoms with Crippen LogP contribution in [0.25, 0.3) is 0 Å². The molecule has 144 valence electrons. The SMILES string of the molecule is O=C(Nc1ccc(S(=O)(=O)Nc2cccc(Cl)c2Cl)cc1)c1cccc(I)c1. The maximum absolute atomic E-state index is 12.6. The number of nitrogens with one attached hydrogen (secondary N) is 2. The summed E-state index contributed by atoms with van der Waals surface area (Å²) in [5.74, 6) is -0.280. The van der Waals surface area contributed by atoms with E-state index in [0.717, 1.165) is 3.57 Å². The Morgan fingerprint density at radius 3 is 2.29 bits per heavy atom. The average Bonchev–Trinajstić information content (AvgIpc) is 2.66. The molecule has 0 aliphatic rings. The number of hydrogen-bond donors (Lipinski definition) is 2. The molecular formula is C19H13Cl2IN2O3S. The van der Waals surface area contributed by atoms with Crippen molar-refractivity contribution in [2.75, 3.05) is 10.0 Å². The van der Waals surface area contributed by atoms with E-state index in [1.807, 2.05) is 6.07 Å². The molecule has 28 heavy (non-hydrogen) atoms. The van der Waals surface area contributed by atoms with E-state index in [4.69, 9.17) is 23.2 Å². The number of carbonyl (C=O) groups excluding carboxylic acids is 1. The van der Waals surface area contributed by atoms with E-state index in [2.05, 4.69) is 32.6 Å². The minimum atomic E-state index is -3.86. The first-order valence-corrected chi connectivity index (χ1v) is 11.2. The van der Waals surface area contributed by atoms with E-state index in [1.54, 1.807) is 30.3 Å². The van der Waals surface area contributed by atoms with Crippen LogP contribution in [0.3, 0.4) is 0 Å². The molecule has 0 heterocycles. The molecule has 2 N–H and O–H groups in total. The molecule has 0 unspecified atom stereocenters. The number of amides is 1. The molecule has 0 aliphatic carbocycles. The van der Waals surface area contributed by atoms with Crippen LogP contribution in [0.2, 0.25) is 10.0 Å². The lowest BCUT2D eigenvalue weighted by molar-refractivity contribution is 0.102. The number of carbonyl (C=O) groups is 1. The van der Waals surface area contributed by atoms with Gasteiger partial charge in [0.1, 0.15) is 0 Å². The maximum atomic E-state index is 12.6. The van der Waals surface area contributed by atoms with Crippen molar-refractivity contribution in [3.63, 3.8) is 0 Å². The summed E-state index contributed by atoms with van der Waals surface area (Å²) in [7, 11) is -3.86. The Labute approximate surface area is 186 Å².